The number of carbonyl (C=O) groups is 1. The minimum atomic E-state index is -0.597. The average Bonchev–Trinajstić information content (AvgIpc) is 3.14. The maximum Gasteiger partial charge on any atom is 0.239 e. The van der Waals surface area contributed by atoms with E-state index in [0.717, 1.165) is 30.5 Å². The minimum absolute atomic E-state index is 0.101. The highest BCUT2D eigenvalue weighted by Crippen LogP contribution is 2.18. The summed E-state index contributed by atoms with van der Waals surface area (Å²) in [5.41, 5.74) is 4.48. The number of nitrogens with one attached hydrogen (secondary N) is 3. The Bertz CT molecular complexity index is 922. The molecule has 4 rings (SSSR count). The van der Waals surface area contributed by atoms with Gasteiger partial charge in [0.1, 0.15) is 0 Å². The number of hydrogen-bond donors (Lipinski definition) is 4. The number of fused-ring (bicyclic) bond motifs is 2. The van der Waals surface area contributed by atoms with Gasteiger partial charge in [-0.05, 0) is 29.7 Å². The Balaban J connectivity index is 1.19. The molecule has 0 bridgehead atoms. The largest absolute Gasteiger partial charge is 0.390 e. The van der Waals surface area contributed by atoms with Gasteiger partial charge in [0.25, 0.3) is 0 Å². The summed E-state index contributed by atoms with van der Waals surface area (Å²) in [6.07, 6.45) is 0.400. The van der Waals surface area contributed by atoms with Gasteiger partial charge >= 0.3 is 0 Å². The van der Waals surface area contributed by atoms with Gasteiger partial charge in [0.15, 0.2) is 0 Å². The number of benzene rings is 2. The molecule has 1 aromatic heterocycles. The number of hydrogen-bond acceptors (Lipinski definition) is 5. The zero-order valence-corrected chi connectivity index (χ0v) is 15.7. The lowest BCUT2D eigenvalue weighted by molar-refractivity contribution is -0.119. The average molecular weight is 379 g/mol. The van der Waals surface area contributed by atoms with Gasteiger partial charge in [-0.1, -0.05) is 36.4 Å². The Morgan fingerprint density at radius 1 is 1.18 bits per heavy atom. The number of rotatable bonds is 7. The molecule has 7 nitrogen and oxygen atoms in total. The molecular weight excluding hydrogens is 354 g/mol. The van der Waals surface area contributed by atoms with Crippen LogP contribution in [0.4, 0.5) is 5.95 Å². The number of anilines is 1. The molecule has 2 aromatic carbocycles. The highest BCUT2D eigenvalue weighted by Gasteiger charge is 2.18. The third-order valence-electron chi connectivity index (χ3n) is 5.02. The number of para-hydroxylation sites is 2. The molecule has 3 aromatic rings. The first-order chi connectivity index (χ1) is 13.7. The molecule has 2 heterocycles. The Labute approximate surface area is 163 Å². The fourth-order valence-electron chi connectivity index (χ4n) is 3.57. The molecule has 0 fully saturated rings. The summed E-state index contributed by atoms with van der Waals surface area (Å²) in [6, 6.07) is 16.1. The number of carbonyl (C=O) groups excluding carboxylic acids is 1. The molecule has 0 spiro atoms. The standard InChI is InChI=1S/C21H25N5O2/c27-17(14-26-10-9-15-5-1-2-6-16(15)13-26)11-22-20(28)12-23-21-24-18-7-3-4-8-19(18)25-21/h1-8,17,27H,9-14H2,(H,22,28)(H2,23,24,25)/t17-/m0/s1. The smallest absolute Gasteiger partial charge is 0.239 e. The number of aliphatic hydroxyl groups excluding tert-OH is 1. The predicted octanol–water partition coefficient (Wildman–Crippen LogP) is 1.51. The summed E-state index contributed by atoms with van der Waals surface area (Å²) in [4.78, 5) is 21.8. The van der Waals surface area contributed by atoms with Crippen molar-refractivity contribution in [2.24, 2.45) is 0 Å². The van der Waals surface area contributed by atoms with E-state index in [-0.39, 0.29) is 19.0 Å². The van der Waals surface area contributed by atoms with Crippen LogP contribution in [0.2, 0.25) is 0 Å². The van der Waals surface area contributed by atoms with Crippen LogP contribution in [0.3, 0.4) is 0 Å². The fraction of sp³-hybridized carbons (Fsp3) is 0.333. The number of aromatic nitrogens is 2. The summed E-state index contributed by atoms with van der Waals surface area (Å²) in [5, 5.41) is 16.0. The Kier molecular flexibility index (Phi) is 5.55. The van der Waals surface area contributed by atoms with Gasteiger partial charge < -0.3 is 20.7 Å². The molecule has 1 aliphatic rings. The molecule has 146 valence electrons. The second kappa shape index (κ2) is 8.41. The van der Waals surface area contributed by atoms with Gasteiger partial charge in [-0.2, -0.15) is 0 Å². The predicted molar refractivity (Wildman–Crippen MR) is 109 cm³/mol. The van der Waals surface area contributed by atoms with E-state index in [1.54, 1.807) is 0 Å². The summed E-state index contributed by atoms with van der Waals surface area (Å²) < 4.78 is 0. The Morgan fingerprint density at radius 2 is 1.96 bits per heavy atom. The van der Waals surface area contributed by atoms with Gasteiger partial charge in [0.2, 0.25) is 11.9 Å². The lowest BCUT2D eigenvalue weighted by Gasteiger charge is -2.30. The molecule has 0 saturated heterocycles. The van der Waals surface area contributed by atoms with E-state index < -0.39 is 6.10 Å². The van der Waals surface area contributed by atoms with Crippen molar-refractivity contribution in [3.63, 3.8) is 0 Å². The van der Waals surface area contributed by atoms with E-state index in [0.29, 0.717) is 12.5 Å². The normalized spacial score (nSPS) is 15.2. The highest BCUT2D eigenvalue weighted by atomic mass is 16.3. The molecule has 1 atom stereocenters. The second-order valence-corrected chi connectivity index (χ2v) is 7.17. The number of imidazole rings is 1. The van der Waals surface area contributed by atoms with Gasteiger partial charge in [-0.3, -0.25) is 9.69 Å². The van der Waals surface area contributed by atoms with Crippen molar-refractivity contribution in [1.29, 1.82) is 0 Å². The van der Waals surface area contributed by atoms with Crippen molar-refractivity contribution in [2.75, 3.05) is 31.5 Å². The molecule has 0 aliphatic carbocycles. The SMILES string of the molecule is O=C(CNc1nc2ccccc2[nH]1)NC[C@H](O)CN1CCc2ccccc2C1. The van der Waals surface area contributed by atoms with Crippen LogP contribution in [0.1, 0.15) is 11.1 Å². The molecule has 0 saturated carbocycles. The molecule has 7 heteroatoms. The molecular formula is C21H25N5O2. The minimum Gasteiger partial charge on any atom is -0.390 e. The molecule has 1 amide bonds. The van der Waals surface area contributed by atoms with E-state index in [2.05, 4.69) is 43.7 Å². The van der Waals surface area contributed by atoms with Crippen molar-refractivity contribution in [1.82, 2.24) is 20.2 Å². The van der Waals surface area contributed by atoms with Crippen molar-refractivity contribution in [3.05, 3.63) is 59.7 Å². The number of aliphatic hydroxyl groups is 1. The molecule has 1 aliphatic heterocycles. The molecule has 4 N–H and O–H groups in total. The topological polar surface area (TPSA) is 93.3 Å². The Hall–Kier alpha value is -2.90. The van der Waals surface area contributed by atoms with Crippen LogP contribution in [0, 0.1) is 0 Å². The highest BCUT2D eigenvalue weighted by molar-refractivity contribution is 5.81. The number of aromatic amines is 1. The zero-order valence-electron chi connectivity index (χ0n) is 15.7. The van der Waals surface area contributed by atoms with Crippen LogP contribution < -0.4 is 10.6 Å². The molecule has 0 radical (unpaired) electrons. The first kappa shape index (κ1) is 18.5. The van der Waals surface area contributed by atoms with E-state index in [1.165, 1.54) is 11.1 Å². The lowest BCUT2D eigenvalue weighted by Crippen LogP contribution is -2.43. The van der Waals surface area contributed by atoms with Crippen LogP contribution in [0.25, 0.3) is 11.0 Å². The third kappa shape index (κ3) is 4.49. The number of nitrogens with zero attached hydrogens (tertiary/aromatic N) is 2. The van der Waals surface area contributed by atoms with Crippen molar-refractivity contribution in [3.8, 4) is 0 Å². The number of β-amino-alcohol motifs (C(OH)–C–C–N with tert-alkyl or cyclic N) is 1. The number of H-pyrrole nitrogens is 1. The van der Waals surface area contributed by atoms with Crippen LogP contribution >= 0.6 is 0 Å². The maximum absolute atomic E-state index is 12.1. The van der Waals surface area contributed by atoms with Crippen LogP contribution in [-0.4, -0.2) is 58.2 Å². The van der Waals surface area contributed by atoms with Crippen LogP contribution in [-0.2, 0) is 17.8 Å². The van der Waals surface area contributed by atoms with Crippen molar-refractivity contribution in [2.45, 2.75) is 19.1 Å². The van der Waals surface area contributed by atoms with Gasteiger partial charge in [-0.15, -0.1) is 0 Å². The maximum atomic E-state index is 12.1. The van der Waals surface area contributed by atoms with E-state index in [4.69, 9.17) is 0 Å². The second-order valence-electron chi connectivity index (χ2n) is 7.17. The van der Waals surface area contributed by atoms with Gasteiger partial charge in [-0.25, -0.2) is 4.98 Å². The van der Waals surface area contributed by atoms with E-state index in [1.807, 2.05) is 30.3 Å². The van der Waals surface area contributed by atoms with Crippen molar-refractivity contribution >= 4 is 22.9 Å². The number of amides is 1. The Morgan fingerprint density at radius 3 is 2.82 bits per heavy atom. The van der Waals surface area contributed by atoms with Gasteiger partial charge in [0, 0.05) is 26.2 Å². The third-order valence-corrected chi connectivity index (χ3v) is 5.02. The summed E-state index contributed by atoms with van der Waals surface area (Å²) in [5.74, 6) is 0.382. The first-order valence-corrected chi connectivity index (χ1v) is 9.60. The lowest BCUT2D eigenvalue weighted by atomic mass is 10.00. The summed E-state index contributed by atoms with van der Waals surface area (Å²) >= 11 is 0. The summed E-state index contributed by atoms with van der Waals surface area (Å²) in [6.45, 7) is 2.65. The van der Waals surface area contributed by atoms with Crippen LogP contribution in [0.5, 0.6) is 0 Å². The van der Waals surface area contributed by atoms with Crippen LogP contribution in [0.15, 0.2) is 48.5 Å². The van der Waals surface area contributed by atoms with E-state index >= 15 is 0 Å². The zero-order chi connectivity index (χ0) is 19.3. The molecule has 0 unspecified atom stereocenters. The quantitative estimate of drug-likeness (QED) is 0.499. The summed E-state index contributed by atoms with van der Waals surface area (Å²) in [7, 11) is 0. The van der Waals surface area contributed by atoms with Crippen molar-refractivity contribution < 1.29 is 9.90 Å². The van der Waals surface area contributed by atoms with E-state index in [9.17, 15) is 9.90 Å². The molecule has 28 heavy (non-hydrogen) atoms. The van der Waals surface area contributed by atoms with Gasteiger partial charge in [0.05, 0.1) is 23.7 Å². The fourth-order valence-corrected chi connectivity index (χ4v) is 3.57. The first-order valence-electron chi connectivity index (χ1n) is 9.60. The monoisotopic (exact) mass is 379 g/mol.